The summed E-state index contributed by atoms with van der Waals surface area (Å²) in [4.78, 5) is 27.2. The maximum absolute atomic E-state index is 12.0. The lowest BCUT2D eigenvalue weighted by atomic mass is 10.1. The topological polar surface area (TPSA) is 103 Å². The van der Waals surface area contributed by atoms with E-state index in [9.17, 15) is 9.59 Å². The van der Waals surface area contributed by atoms with Crippen LogP contribution in [0.3, 0.4) is 0 Å². The normalized spacial score (nSPS) is 11.9. The number of ether oxygens (including phenoxy) is 2. The fraction of sp³-hybridized carbons (Fsp3) is 0.316. The highest BCUT2D eigenvalue weighted by molar-refractivity contribution is 5.95. The van der Waals surface area contributed by atoms with Crippen molar-refractivity contribution in [3.8, 4) is 0 Å². The molecule has 0 saturated carbocycles. The summed E-state index contributed by atoms with van der Waals surface area (Å²) in [6.07, 6.45) is -1.22. The molecule has 0 spiro atoms. The Morgan fingerprint density at radius 3 is 2.54 bits per heavy atom. The van der Waals surface area contributed by atoms with Gasteiger partial charge in [0.2, 0.25) is 0 Å². The maximum Gasteiger partial charge on any atom is 0.415 e. The van der Waals surface area contributed by atoms with Gasteiger partial charge in [0.1, 0.15) is 5.60 Å². The number of hydrogen-bond donors (Lipinski definition) is 2. The van der Waals surface area contributed by atoms with Crippen molar-refractivity contribution in [3.05, 3.63) is 48.0 Å². The van der Waals surface area contributed by atoms with E-state index in [0.29, 0.717) is 6.42 Å². The number of nitrogens with two attached hydrogens (primary N) is 1. The zero-order valence-corrected chi connectivity index (χ0v) is 15.1. The number of rotatable bonds is 4. The summed E-state index contributed by atoms with van der Waals surface area (Å²) in [5.74, 6) is 0. The quantitative estimate of drug-likeness (QED) is 0.643. The molecule has 0 aliphatic heterocycles. The number of amides is 2. The summed E-state index contributed by atoms with van der Waals surface area (Å²) in [7, 11) is 0. The molecule has 7 heteroatoms. The number of carbonyl (C=O) groups is 2. The molecule has 138 valence electrons. The Labute approximate surface area is 152 Å². The van der Waals surface area contributed by atoms with Gasteiger partial charge in [-0.3, -0.25) is 0 Å². The van der Waals surface area contributed by atoms with Crippen LogP contribution in [0.25, 0.3) is 10.8 Å². The van der Waals surface area contributed by atoms with Crippen molar-refractivity contribution in [1.82, 2.24) is 5.32 Å². The fourth-order valence-corrected chi connectivity index (χ4v) is 2.22. The van der Waals surface area contributed by atoms with E-state index in [2.05, 4.69) is 10.3 Å². The SMILES string of the molecule is CCC(C)(C)OC(=O)NC(=NCc1cccc2ccccc12)OC(N)=O. The van der Waals surface area contributed by atoms with E-state index in [1.807, 2.05) is 49.4 Å². The van der Waals surface area contributed by atoms with Crippen LogP contribution in [0, 0.1) is 0 Å². The van der Waals surface area contributed by atoms with E-state index < -0.39 is 17.8 Å². The van der Waals surface area contributed by atoms with Gasteiger partial charge in [-0.2, -0.15) is 0 Å². The van der Waals surface area contributed by atoms with Crippen molar-refractivity contribution in [2.75, 3.05) is 0 Å². The highest BCUT2D eigenvalue weighted by Gasteiger charge is 2.22. The van der Waals surface area contributed by atoms with Gasteiger partial charge in [-0.15, -0.1) is 0 Å². The van der Waals surface area contributed by atoms with Crippen LogP contribution in [0.2, 0.25) is 0 Å². The second-order valence-corrected chi connectivity index (χ2v) is 6.31. The number of aliphatic imine (C=N–C) groups is 1. The minimum Gasteiger partial charge on any atom is -0.443 e. The van der Waals surface area contributed by atoms with Crippen LogP contribution >= 0.6 is 0 Å². The Morgan fingerprint density at radius 2 is 1.85 bits per heavy atom. The standard InChI is InChI=1S/C19H23N3O4/c1-4-19(2,3)26-18(24)22-17(25-16(20)23)21-12-14-10-7-9-13-8-5-6-11-15(13)14/h5-11H,4,12H2,1-3H3,(H2,20,23)(H,21,22,24). The van der Waals surface area contributed by atoms with Gasteiger partial charge in [0.25, 0.3) is 0 Å². The van der Waals surface area contributed by atoms with Crippen molar-refractivity contribution < 1.29 is 19.1 Å². The summed E-state index contributed by atoms with van der Waals surface area (Å²) in [5.41, 5.74) is 5.31. The lowest BCUT2D eigenvalue weighted by molar-refractivity contribution is 0.0387. The van der Waals surface area contributed by atoms with Crippen LogP contribution < -0.4 is 11.1 Å². The molecule has 2 aromatic rings. The van der Waals surface area contributed by atoms with Gasteiger partial charge in [-0.25, -0.2) is 19.9 Å². The van der Waals surface area contributed by atoms with Crippen LogP contribution in [0.5, 0.6) is 0 Å². The van der Waals surface area contributed by atoms with Crippen LogP contribution in [-0.4, -0.2) is 23.8 Å². The molecule has 7 nitrogen and oxygen atoms in total. The van der Waals surface area contributed by atoms with Gasteiger partial charge in [0.15, 0.2) is 0 Å². The zero-order chi connectivity index (χ0) is 19.2. The minimum absolute atomic E-state index is 0.196. The van der Waals surface area contributed by atoms with E-state index in [1.165, 1.54) is 0 Å². The van der Waals surface area contributed by atoms with Gasteiger partial charge in [0.05, 0.1) is 6.54 Å². The maximum atomic E-state index is 12.0. The van der Waals surface area contributed by atoms with Crippen molar-refractivity contribution >= 4 is 29.0 Å². The lowest BCUT2D eigenvalue weighted by Crippen LogP contribution is -2.40. The molecule has 0 aliphatic carbocycles. The first-order chi connectivity index (χ1) is 12.3. The summed E-state index contributed by atoms with van der Waals surface area (Å²) < 4.78 is 10.0. The number of primary amides is 1. The third-order valence-corrected chi connectivity index (χ3v) is 3.90. The van der Waals surface area contributed by atoms with Crippen molar-refractivity contribution in [2.45, 2.75) is 39.3 Å². The van der Waals surface area contributed by atoms with Crippen LogP contribution in [-0.2, 0) is 16.0 Å². The van der Waals surface area contributed by atoms with Gasteiger partial charge in [-0.05, 0) is 36.6 Å². The van der Waals surface area contributed by atoms with Crippen LogP contribution in [0.15, 0.2) is 47.5 Å². The Morgan fingerprint density at radius 1 is 1.15 bits per heavy atom. The molecule has 2 rings (SSSR count). The first-order valence-corrected chi connectivity index (χ1v) is 8.29. The molecule has 0 heterocycles. The highest BCUT2D eigenvalue weighted by Crippen LogP contribution is 2.19. The molecular formula is C19H23N3O4. The predicted octanol–water partition coefficient (Wildman–Crippen LogP) is 3.71. The van der Waals surface area contributed by atoms with Crippen LogP contribution in [0.1, 0.15) is 32.8 Å². The molecule has 0 saturated heterocycles. The second-order valence-electron chi connectivity index (χ2n) is 6.31. The Kier molecular flexibility index (Phi) is 6.16. The summed E-state index contributed by atoms with van der Waals surface area (Å²) >= 11 is 0. The number of benzene rings is 2. The molecular weight excluding hydrogens is 334 g/mol. The van der Waals surface area contributed by atoms with E-state index in [1.54, 1.807) is 13.8 Å². The minimum atomic E-state index is -1.07. The number of alkyl carbamates (subject to hydrolysis) is 1. The molecule has 0 unspecified atom stereocenters. The second kappa shape index (κ2) is 8.33. The number of carbonyl (C=O) groups excluding carboxylic acids is 2. The highest BCUT2D eigenvalue weighted by atomic mass is 16.6. The lowest BCUT2D eigenvalue weighted by Gasteiger charge is -2.23. The molecule has 0 aliphatic rings. The van der Waals surface area contributed by atoms with Crippen LogP contribution in [0.4, 0.5) is 9.59 Å². The van der Waals surface area contributed by atoms with Crippen molar-refractivity contribution in [1.29, 1.82) is 0 Å². The number of amidine groups is 1. The Bertz CT molecular complexity index is 825. The Balaban J connectivity index is 2.18. The van der Waals surface area contributed by atoms with E-state index in [4.69, 9.17) is 15.2 Å². The van der Waals surface area contributed by atoms with Gasteiger partial charge in [-0.1, -0.05) is 49.4 Å². The third kappa shape index (κ3) is 5.47. The predicted molar refractivity (Wildman–Crippen MR) is 99.7 cm³/mol. The molecule has 2 aromatic carbocycles. The number of hydrogen-bond acceptors (Lipinski definition) is 5. The number of fused-ring (bicyclic) bond motifs is 1. The first kappa shape index (κ1) is 19.2. The molecule has 2 amide bonds. The van der Waals surface area contributed by atoms with Gasteiger partial charge < -0.3 is 15.2 Å². The summed E-state index contributed by atoms with van der Waals surface area (Å²) in [6, 6.07) is 13.3. The van der Waals surface area contributed by atoms with Crippen molar-refractivity contribution in [2.24, 2.45) is 10.7 Å². The molecule has 0 atom stereocenters. The van der Waals surface area contributed by atoms with Gasteiger partial charge >= 0.3 is 18.2 Å². The molecule has 0 radical (unpaired) electrons. The largest absolute Gasteiger partial charge is 0.443 e. The van der Waals surface area contributed by atoms with E-state index in [0.717, 1.165) is 16.3 Å². The zero-order valence-electron chi connectivity index (χ0n) is 15.1. The first-order valence-electron chi connectivity index (χ1n) is 8.29. The Hall–Kier alpha value is -3.09. The van der Waals surface area contributed by atoms with Gasteiger partial charge in [0, 0.05) is 0 Å². The smallest absolute Gasteiger partial charge is 0.415 e. The summed E-state index contributed by atoms with van der Waals surface area (Å²) in [6.45, 7) is 5.63. The molecule has 0 bridgehead atoms. The molecule has 0 fully saturated rings. The average Bonchev–Trinajstić information content (AvgIpc) is 2.58. The third-order valence-electron chi connectivity index (χ3n) is 3.90. The number of nitrogens with one attached hydrogen (secondary N) is 1. The van der Waals surface area contributed by atoms with E-state index in [-0.39, 0.29) is 12.6 Å². The average molecular weight is 357 g/mol. The molecule has 0 aromatic heterocycles. The van der Waals surface area contributed by atoms with Crippen molar-refractivity contribution in [3.63, 3.8) is 0 Å². The number of nitrogens with zero attached hydrogens (tertiary/aromatic N) is 1. The molecule has 26 heavy (non-hydrogen) atoms. The summed E-state index contributed by atoms with van der Waals surface area (Å²) in [5, 5.41) is 4.41. The monoisotopic (exact) mass is 357 g/mol. The molecule has 3 N–H and O–H groups in total. The van der Waals surface area contributed by atoms with E-state index >= 15 is 0 Å². The fourth-order valence-electron chi connectivity index (χ4n) is 2.22.